The van der Waals surface area contributed by atoms with Gasteiger partial charge in [-0.1, -0.05) is 12.1 Å². The molecular weight excluding hydrogens is 406 g/mol. The van der Waals surface area contributed by atoms with Gasteiger partial charge in [0, 0.05) is 13.0 Å². The van der Waals surface area contributed by atoms with Gasteiger partial charge in [0.15, 0.2) is 5.40 Å². The molecule has 8 nitrogen and oxygen atoms in total. The van der Waals surface area contributed by atoms with Crippen LogP contribution in [0.3, 0.4) is 0 Å². The van der Waals surface area contributed by atoms with Gasteiger partial charge in [-0.2, -0.15) is 0 Å². The molecule has 0 unspecified atom stereocenters. The van der Waals surface area contributed by atoms with Gasteiger partial charge in [0.2, 0.25) is 0 Å². The first-order valence-corrected chi connectivity index (χ1v) is 12.7. The number of aliphatic hydroxyl groups is 1. The standard InChI is InChI=1S/C18H32O8P2/c1-5-23-27(20,24-6-2)18(28(21,25-7-3)26-8-4)16-10-12-17(13-11-16)22-15-9-14-19/h10-13,18-19H,5-9,14-15H2,1-4H3. The van der Waals surface area contributed by atoms with Crippen LogP contribution in [0.4, 0.5) is 0 Å². The van der Waals surface area contributed by atoms with Crippen LogP contribution in [0, 0.1) is 0 Å². The number of hydrogen-bond acceptors (Lipinski definition) is 8. The summed E-state index contributed by atoms with van der Waals surface area (Å²) in [5.41, 5.74) is 0.449. The van der Waals surface area contributed by atoms with Gasteiger partial charge in [0.05, 0.1) is 33.0 Å². The van der Waals surface area contributed by atoms with Crippen molar-refractivity contribution in [2.75, 3.05) is 39.6 Å². The summed E-state index contributed by atoms with van der Waals surface area (Å²) in [6.07, 6.45) is 0.512. The molecule has 162 valence electrons. The maximum absolute atomic E-state index is 13.6. The summed E-state index contributed by atoms with van der Waals surface area (Å²) in [5, 5.41) is 7.63. The fourth-order valence-corrected chi connectivity index (χ4v) is 8.02. The van der Waals surface area contributed by atoms with Crippen LogP contribution in [-0.2, 0) is 27.2 Å². The summed E-state index contributed by atoms with van der Waals surface area (Å²) < 4.78 is 54.6. The van der Waals surface area contributed by atoms with Gasteiger partial charge >= 0.3 is 15.2 Å². The van der Waals surface area contributed by atoms with Crippen molar-refractivity contribution < 1.29 is 37.1 Å². The van der Waals surface area contributed by atoms with Crippen LogP contribution in [0.15, 0.2) is 24.3 Å². The van der Waals surface area contributed by atoms with E-state index >= 15 is 0 Å². The minimum atomic E-state index is -3.86. The molecule has 0 aromatic heterocycles. The summed E-state index contributed by atoms with van der Waals surface area (Å²) in [6, 6.07) is 6.64. The molecule has 0 atom stereocenters. The second-order valence-corrected chi connectivity index (χ2v) is 10.3. The van der Waals surface area contributed by atoms with Crippen molar-refractivity contribution in [3.8, 4) is 5.75 Å². The van der Waals surface area contributed by atoms with E-state index in [0.29, 0.717) is 24.3 Å². The Morgan fingerprint density at radius 1 is 0.821 bits per heavy atom. The van der Waals surface area contributed by atoms with Crippen molar-refractivity contribution in [2.45, 2.75) is 39.5 Å². The Bertz CT molecular complexity index is 599. The molecule has 0 aliphatic rings. The van der Waals surface area contributed by atoms with E-state index in [9.17, 15) is 9.13 Å². The van der Waals surface area contributed by atoms with Gasteiger partial charge in [-0.3, -0.25) is 9.13 Å². The molecule has 1 aromatic carbocycles. The first-order chi connectivity index (χ1) is 13.4. The molecule has 0 spiro atoms. The lowest BCUT2D eigenvalue weighted by Crippen LogP contribution is -2.12. The smallest absolute Gasteiger partial charge is 0.350 e. The Hall–Kier alpha value is -0.720. The van der Waals surface area contributed by atoms with Crippen molar-refractivity contribution in [3.63, 3.8) is 0 Å². The van der Waals surface area contributed by atoms with Gasteiger partial charge < -0.3 is 27.9 Å². The van der Waals surface area contributed by atoms with Crippen molar-refractivity contribution in [1.29, 1.82) is 0 Å². The monoisotopic (exact) mass is 438 g/mol. The molecule has 0 saturated heterocycles. The van der Waals surface area contributed by atoms with Crippen LogP contribution in [0.2, 0.25) is 0 Å². The van der Waals surface area contributed by atoms with E-state index in [1.54, 1.807) is 52.0 Å². The van der Waals surface area contributed by atoms with Crippen LogP contribution in [0.25, 0.3) is 0 Å². The van der Waals surface area contributed by atoms with Crippen molar-refractivity contribution in [1.82, 2.24) is 0 Å². The third-order valence-corrected chi connectivity index (χ3v) is 9.55. The lowest BCUT2D eigenvalue weighted by Gasteiger charge is -2.31. The number of hydrogen-bond donors (Lipinski definition) is 1. The molecule has 10 heteroatoms. The summed E-state index contributed by atoms with van der Waals surface area (Å²) >= 11 is 0. The Balaban J connectivity index is 3.37. The quantitative estimate of drug-likeness (QED) is 0.302. The maximum Gasteiger partial charge on any atom is 0.350 e. The van der Waals surface area contributed by atoms with Gasteiger partial charge in [-0.05, 0) is 45.4 Å². The highest BCUT2D eigenvalue weighted by molar-refractivity contribution is 7.72. The van der Waals surface area contributed by atoms with Gasteiger partial charge in [0.1, 0.15) is 5.75 Å². The highest BCUT2D eigenvalue weighted by Crippen LogP contribution is 2.78. The fraction of sp³-hybridized carbons (Fsp3) is 0.667. The van der Waals surface area contributed by atoms with Crippen LogP contribution < -0.4 is 4.74 Å². The molecule has 1 rings (SSSR count). The summed E-state index contributed by atoms with van der Waals surface area (Å²) in [6.45, 7) is 7.63. The summed E-state index contributed by atoms with van der Waals surface area (Å²) in [5.74, 6) is 0.571. The second-order valence-electron chi connectivity index (χ2n) is 5.62. The van der Waals surface area contributed by atoms with Crippen LogP contribution >= 0.6 is 15.2 Å². The number of ether oxygens (including phenoxy) is 1. The van der Waals surface area contributed by atoms with Gasteiger partial charge in [0.25, 0.3) is 0 Å². The number of aliphatic hydroxyl groups excluding tert-OH is 1. The molecule has 0 amide bonds. The fourth-order valence-electron chi connectivity index (χ4n) is 2.61. The number of rotatable bonds is 15. The number of benzene rings is 1. The zero-order valence-electron chi connectivity index (χ0n) is 17.0. The molecular formula is C18H32O8P2. The minimum Gasteiger partial charge on any atom is -0.494 e. The zero-order valence-corrected chi connectivity index (χ0v) is 18.8. The van der Waals surface area contributed by atoms with Gasteiger partial charge in [-0.15, -0.1) is 0 Å². The molecule has 1 N–H and O–H groups in total. The molecule has 0 radical (unpaired) electrons. The first-order valence-electron chi connectivity index (χ1n) is 9.51. The Kier molecular flexibility index (Phi) is 11.5. The molecule has 0 aliphatic heterocycles. The van der Waals surface area contributed by atoms with Crippen LogP contribution in [-0.4, -0.2) is 44.7 Å². The van der Waals surface area contributed by atoms with E-state index in [2.05, 4.69) is 0 Å². The highest BCUT2D eigenvalue weighted by Gasteiger charge is 2.51. The SMILES string of the molecule is CCOP(=O)(OCC)C(c1ccc(OCCCO)cc1)P(=O)(OCC)OCC. The Morgan fingerprint density at radius 3 is 1.61 bits per heavy atom. The van der Waals surface area contributed by atoms with Crippen molar-refractivity contribution in [2.24, 2.45) is 0 Å². The Morgan fingerprint density at radius 2 is 1.25 bits per heavy atom. The third kappa shape index (κ3) is 6.96. The lowest BCUT2D eigenvalue weighted by molar-refractivity contribution is 0.195. The van der Waals surface area contributed by atoms with E-state index in [0.717, 1.165) is 0 Å². The average Bonchev–Trinajstić information content (AvgIpc) is 2.64. The molecule has 0 bridgehead atoms. The van der Waals surface area contributed by atoms with Crippen LogP contribution in [0.5, 0.6) is 5.75 Å². The Labute approximate surface area is 167 Å². The molecule has 0 saturated carbocycles. The molecule has 28 heavy (non-hydrogen) atoms. The van der Waals surface area contributed by atoms with Gasteiger partial charge in [-0.25, -0.2) is 0 Å². The van der Waals surface area contributed by atoms with Crippen LogP contribution in [0.1, 0.15) is 45.1 Å². The molecule has 1 aromatic rings. The topological polar surface area (TPSA) is 101 Å². The van der Waals surface area contributed by atoms with Crippen molar-refractivity contribution >= 4 is 15.2 Å². The normalized spacial score (nSPS) is 12.5. The third-order valence-electron chi connectivity index (χ3n) is 3.58. The van der Waals surface area contributed by atoms with E-state index < -0.39 is 20.6 Å². The predicted octanol–water partition coefficient (Wildman–Crippen LogP) is 4.98. The van der Waals surface area contributed by atoms with E-state index in [-0.39, 0.29) is 33.0 Å². The van der Waals surface area contributed by atoms with Crippen molar-refractivity contribution in [3.05, 3.63) is 29.8 Å². The highest BCUT2D eigenvalue weighted by atomic mass is 31.2. The molecule has 0 aliphatic carbocycles. The van der Waals surface area contributed by atoms with E-state index in [4.69, 9.17) is 27.9 Å². The minimum absolute atomic E-state index is 0.0396. The molecule has 0 heterocycles. The maximum atomic E-state index is 13.6. The predicted molar refractivity (Wildman–Crippen MR) is 108 cm³/mol. The summed E-state index contributed by atoms with van der Waals surface area (Å²) in [7, 11) is -7.72. The van der Waals surface area contributed by atoms with E-state index in [1.165, 1.54) is 0 Å². The summed E-state index contributed by atoms with van der Waals surface area (Å²) in [4.78, 5) is 0. The average molecular weight is 438 g/mol. The second kappa shape index (κ2) is 12.8. The largest absolute Gasteiger partial charge is 0.494 e. The van der Waals surface area contributed by atoms with E-state index in [1.807, 2.05) is 0 Å². The molecule has 0 fully saturated rings. The zero-order chi connectivity index (χ0) is 21.0. The lowest BCUT2D eigenvalue weighted by atomic mass is 10.2. The first kappa shape index (κ1) is 25.3.